The minimum atomic E-state index is -0.393. The number of hydrogen-bond donors (Lipinski definition) is 1. The van der Waals surface area contributed by atoms with Gasteiger partial charge in [0.15, 0.2) is 0 Å². The molecule has 1 atom stereocenters. The van der Waals surface area contributed by atoms with Crippen molar-refractivity contribution < 1.29 is 4.92 Å². The molecule has 6 heteroatoms. The van der Waals surface area contributed by atoms with E-state index in [-0.39, 0.29) is 16.6 Å². The van der Waals surface area contributed by atoms with Crippen LogP contribution in [-0.4, -0.2) is 16.1 Å². The van der Waals surface area contributed by atoms with E-state index in [2.05, 4.69) is 25.8 Å². The first kappa shape index (κ1) is 14.7. The van der Waals surface area contributed by atoms with Crippen LogP contribution in [0.5, 0.6) is 0 Å². The van der Waals surface area contributed by atoms with E-state index < -0.39 is 4.92 Å². The van der Waals surface area contributed by atoms with Crippen LogP contribution in [0.15, 0.2) is 35.3 Å². The van der Waals surface area contributed by atoms with Crippen LogP contribution >= 0.6 is 11.8 Å². The Bertz CT molecular complexity index is 603. The van der Waals surface area contributed by atoms with E-state index in [9.17, 15) is 10.1 Å². The van der Waals surface area contributed by atoms with Gasteiger partial charge in [0.25, 0.3) is 5.69 Å². The van der Waals surface area contributed by atoms with Crippen LogP contribution in [0.3, 0.4) is 0 Å². The van der Waals surface area contributed by atoms with Gasteiger partial charge in [-0.25, -0.2) is 0 Å². The van der Waals surface area contributed by atoms with Crippen molar-refractivity contribution in [2.24, 2.45) is 16.1 Å². The molecule has 0 bridgehead atoms. The van der Waals surface area contributed by atoms with Crippen LogP contribution in [0.25, 0.3) is 4.91 Å². The molecule has 1 aliphatic rings. The zero-order chi connectivity index (χ0) is 14.9. The van der Waals surface area contributed by atoms with Gasteiger partial charge in [-0.05, 0) is 11.6 Å². The molecule has 20 heavy (non-hydrogen) atoms. The summed E-state index contributed by atoms with van der Waals surface area (Å²) in [5, 5.41) is 10.9. The summed E-state index contributed by atoms with van der Waals surface area (Å²) >= 11 is 1.41. The van der Waals surface area contributed by atoms with Crippen molar-refractivity contribution in [2.45, 2.75) is 26.3 Å². The topological polar surface area (TPSA) is 81.5 Å². The van der Waals surface area contributed by atoms with Gasteiger partial charge in [-0.15, -0.1) is 0 Å². The third-order valence-corrected chi connectivity index (χ3v) is 3.85. The van der Waals surface area contributed by atoms with E-state index in [1.54, 1.807) is 12.1 Å². The summed E-state index contributed by atoms with van der Waals surface area (Å²) < 4.78 is 0. The Morgan fingerprint density at radius 2 is 2.10 bits per heavy atom. The van der Waals surface area contributed by atoms with E-state index >= 15 is 0 Å². The van der Waals surface area contributed by atoms with Crippen LogP contribution in [-0.2, 0) is 0 Å². The minimum Gasteiger partial charge on any atom is -0.301 e. The highest BCUT2D eigenvalue weighted by Crippen LogP contribution is 2.37. The molecule has 1 aliphatic heterocycles. The Morgan fingerprint density at radius 3 is 2.70 bits per heavy atom. The molecule has 2 rings (SSSR count). The fourth-order valence-corrected chi connectivity index (χ4v) is 2.69. The number of allylic oxidation sites excluding steroid dienone is 1. The predicted octanol–water partition coefficient (Wildman–Crippen LogP) is 3.41. The number of aliphatic imine (C=N–C) groups is 1. The molecule has 0 aliphatic carbocycles. The number of nitrogens with two attached hydrogens (primary N) is 1. The molecule has 1 aromatic rings. The average Bonchev–Trinajstić information content (AvgIpc) is 2.37. The highest BCUT2D eigenvalue weighted by atomic mass is 32.2. The van der Waals surface area contributed by atoms with Gasteiger partial charge in [0.2, 0.25) is 0 Å². The lowest BCUT2D eigenvalue weighted by atomic mass is 9.89. The molecule has 5 nitrogen and oxygen atoms in total. The first-order valence-corrected chi connectivity index (χ1v) is 7.12. The lowest BCUT2D eigenvalue weighted by Crippen LogP contribution is -2.26. The van der Waals surface area contributed by atoms with Crippen LogP contribution in [0.1, 0.15) is 26.3 Å². The van der Waals surface area contributed by atoms with Crippen LogP contribution < -0.4 is 5.73 Å². The van der Waals surface area contributed by atoms with Gasteiger partial charge in [0.05, 0.1) is 4.92 Å². The second-order valence-electron chi connectivity index (χ2n) is 5.59. The Kier molecular flexibility index (Phi) is 3.96. The summed E-state index contributed by atoms with van der Waals surface area (Å²) in [6.07, 6.45) is 1.97. The van der Waals surface area contributed by atoms with Crippen LogP contribution in [0.4, 0.5) is 5.69 Å². The molecule has 0 spiro atoms. The smallest absolute Gasteiger partial charge is 0.270 e. The second kappa shape index (κ2) is 5.38. The number of hydrogen-bond acceptors (Lipinski definition) is 5. The standard InChI is InChI=1S/C14H17N3O2S/c1-14(2,3)12-8-11(20-13(15)16-12)9-5-4-6-10(7-9)17(18)19/h4-8,13H,15H2,1-3H3. The molecule has 0 aromatic heterocycles. The normalized spacial score (nSPS) is 19.3. The summed E-state index contributed by atoms with van der Waals surface area (Å²) in [5.41, 5.74) is 7.26. The first-order chi connectivity index (χ1) is 9.27. The Labute approximate surface area is 122 Å². The summed E-state index contributed by atoms with van der Waals surface area (Å²) in [7, 11) is 0. The number of non-ortho nitro benzene ring substituents is 1. The van der Waals surface area contributed by atoms with Crippen molar-refractivity contribution >= 4 is 28.1 Å². The maximum absolute atomic E-state index is 10.9. The van der Waals surface area contributed by atoms with Gasteiger partial charge < -0.3 is 5.73 Å². The van der Waals surface area contributed by atoms with Gasteiger partial charge in [-0.2, -0.15) is 0 Å². The van der Waals surface area contributed by atoms with Crippen LogP contribution in [0.2, 0.25) is 0 Å². The number of thioether (sulfide) groups is 1. The fourth-order valence-electron chi connectivity index (χ4n) is 1.82. The molecule has 0 amide bonds. The molecule has 0 saturated heterocycles. The van der Waals surface area contributed by atoms with Crippen molar-refractivity contribution in [3.63, 3.8) is 0 Å². The first-order valence-electron chi connectivity index (χ1n) is 6.24. The maximum atomic E-state index is 10.9. The second-order valence-corrected chi connectivity index (χ2v) is 6.75. The van der Waals surface area contributed by atoms with Crippen molar-refractivity contribution in [3.05, 3.63) is 46.0 Å². The molecule has 1 aromatic carbocycles. The zero-order valence-corrected chi connectivity index (χ0v) is 12.5. The van der Waals surface area contributed by atoms with E-state index in [1.807, 2.05) is 12.1 Å². The van der Waals surface area contributed by atoms with Crippen molar-refractivity contribution in [3.8, 4) is 0 Å². The molecular weight excluding hydrogens is 274 g/mol. The van der Waals surface area contributed by atoms with Gasteiger partial charge in [-0.3, -0.25) is 15.1 Å². The SMILES string of the molecule is CC(C)(C)C1=NC(N)SC(c2cccc([N+](=O)[O-])c2)=C1. The molecule has 1 unspecified atom stereocenters. The van der Waals surface area contributed by atoms with Gasteiger partial charge in [-0.1, -0.05) is 44.7 Å². The van der Waals surface area contributed by atoms with Gasteiger partial charge in [0.1, 0.15) is 5.50 Å². The molecule has 0 saturated carbocycles. The largest absolute Gasteiger partial charge is 0.301 e. The number of rotatable bonds is 2. The molecule has 106 valence electrons. The quantitative estimate of drug-likeness (QED) is 0.668. The minimum absolute atomic E-state index is 0.0809. The van der Waals surface area contributed by atoms with Crippen LogP contribution in [0, 0.1) is 15.5 Å². The van der Waals surface area contributed by atoms with E-state index in [4.69, 9.17) is 5.73 Å². The highest BCUT2D eigenvalue weighted by molar-refractivity contribution is 8.08. The van der Waals surface area contributed by atoms with Crippen molar-refractivity contribution in [1.82, 2.24) is 0 Å². The fraction of sp³-hybridized carbons (Fsp3) is 0.357. The van der Waals surface area contributed by atoms with E-state index in [1.165, 1.54) is 17.8 Å². The number of nitro benzene ring substituents is 1. The third-order valence-electron chi connectivity index (χ3n) is 2.89. The molecule has 2 N–H and O–H groups in total. The average molecular weight is 291 g/mol. The summed E-state index contributed by atoms with van der Waals surface area (Å²) in [4.78, 5) is 15.8. The number of benzene rings is 1. The molecule has 1 heterocycles. The summed E-state index contributed by atoms with van der Waals surface area (Å²) in [6.45, 7) is 6.20. The highest BCUT2D eigenvalue weighted by Gasteiger charge is 2.24. The zero-order valence-electron chi connectivity index (χ0n) is 11.7. The van der Waals surface area contributed by atoms with E-state index in [0.717, 1.165) is 16.2 Å². The molecular formula is C14H17N3O2S. The predicted molar refractivity (Wildman–Crippen MR) is 83.5 cm³/mol. The van der Waals surface area contributed by atoms with Gasteiger partial charge in [0, 0.05) is 28.2 Å². The van der Waals surface area contributed by atoms with Crippen molar-refractivity contribution in [1.29, 1.82) is 0 Å². The van der Waals surface area contributed by atoms with E-state index in [0.29, 0.717) is 0 Å². The summed E-state index contributed by atoms with van der Waals surface area (Å²) in [5.74, 6) is 0. The molecule has 0 radical (unpaired) electrons. The Morgan fingerprint density at radius 1 is 1.40 bits per heavy atom. The number of nitro groups is 1. The van der Waals surface area contributed by atoms with Crippen molar-refractivity contribution in [2.75, 3.05) is 0 Å². The monoisotopic (exact) mass is 291 g/mol. The van der Waals surface area contributed by atoms with Gasteiger partial charge >= 0.3 is 0 Å². The lowest BCUT2D eigenvalue weighted by Gasteiger charge is -2.25. The Balaban J connectivity index is 2.42. The third kappa shape index (κ3) is 3.26. The maximum Gasteiger partial charge on any atom is 0.270 e. The number of nitrogens with zero attached hydrogens (tertiary/aromatic N) is 2. The molecule has 0 fully saturated rings. The summed E-state index contributed by atoms with van der Waals surface area (Å²) in [6, 6.07) is 6.58. The Hall–Kier alpha value is -1.66. The lowest BCUT2D eigenvalue weighted by molar-refractivity contribution is -0.384.